The van der Waals surface area contributed by atoms with E-state index in [1.807, 2.05) is 36.4 Å². The van der Waals surface area contributed by atoms with Crippen molar-refractivity contribution in [2.24, 2.45) is 0 Å². The Hall–Kier alpha value is -1.65. The molecule has 0 aliphatic rings. The Morgan fingerprint density at radius 3 is 2.58 bits per heavy atom. The third-order valence-electron chi connectivity index (χ3n) is 2.43. The third kappa shape index (κ3) is 3.91. The zero-order chi connectivity index (χ0) is 13.7. The molecular weight excluding hydrogens is 280 g/mol. The van der Waals surface area contributed by atoms with Crippen LogP contribution in [0.15, 0.2) is 53.4 Å². The number of nitrogens with one attached hydrogen (secondary N) is 1. The number of thioether (sulfide) groups is 1. The molecule has 0 radical (unpaired) electrons. The first-order chi connectivity index (χ1) is 9.16. The van der Waals surface area contributed by atoms with Gasteiger partial charge in [0.2, 0.25) is 5.91 Å². The lowest BCUT2D eigenvalue weighted by Crippen LogP contribution is -2.14. The Morgan fingerprint density at radius 1 is 1.16 bits per heavy atom. The second-order valence-corrected chi connectivity index (χ2v) is 5.28. The van der Waals surface area contributed by atoms with E-state index in [0.29, 0.717) is 22.2 Å². The molecule has 0 bridgehead atoms. The molecular formula is C14H13ClN2OS. The molecule has 3 N–H and O–H groups in total. The number of rotatable bonds is 4. The molecule has 3 nitrogen and oxygen atoms in total. The Balaban J connectivity index is 1.92. The van der Waals surface area contributed by atoms with E-state index in [2.05, 4.69) is 5.32 Å². The number of amides is 1. The standard InChI is InChI=1S/C14H13ClN2OS/c15-10-5-1-3-7-12(10)17-14(18)9-19-13-8-4-2-6-11(13)16/h1-8H,9,16H2,(H,17,18). The fourth-order valence-electron chi connectivity index (χ4n) is 1.50. The summed E-state index contributed by atoms with van der Waals surface area (Å²) in [7, 11) is 0. The van der Waals surface area contributed by atoms with Crippen molar-refractivity contribution in [2.75, 3.05) is 16.8 Å². The van der Waals surface area contributed by atoms with Crippen molar-refractivity contribution in [1.82, 2.24) is 0 Å². The van der Waals surface area contributed by atoms with Crippen LogP contribution >= 0.6 is 23.4 Å². The molecule has 1 amide bonds. The van der Waals surface area contributed by atoms with Gasteiger partial charge in [-0.25, -0.2) is 0 Å². The Kier molecular flexibility index (Phi) is 4.71. The van der Waals surface area contributed by atoms with Gasteiger partial charge in [-0.05, 0) is 24.3 Å². The maximum Gasteiger partial charge on any atom is 0.234 e. The van der Waals surface area contributed by atoms with Crippen LogP contribution in [-0.2, 0) is 4.79 Å². The summed E-state index contributed by atoms with van der Waals surface area (Å²) in [5.74, 6) is 0.181. The number of nitrogen functional groups attached to an aromatic ring is 1. The predicted molar refractivity (Wildman–Crippen MR) is 81.7 cm³/mol. The van der Waals surface area contributed by atoms with E-state index in [-0.39, 0.29) is 5.91 Å². The molecule has 5 heteroatoms. The Bertz CT molecular complexity index is 589. The van der Waals surface area contributed by atoms with E-state index < -0.39 is 0 Å². The molecule has 0 saturated carbocycles. The summed E-state index contributed by atoms with van der Waals surface area (Å²) in [6.45, 7) is 0. The van der Waals surface area contributed by atoms with Gasteiger partial charge >= 0.3 is 0 Å². The first-order valence-corrected chi connectivity index (χ1v) is 7.05. The number of carbonyl (C=O) groups excluding carboxylic acids is 1. The van der Waals surface area contributed by atoms with Crippen LogP contribution < -0.4 is 11.1 Å². The van der Waals surface area contributed by atoms with E-state index in [9.17, 15) is 4.79 Å². The molecule has 0 spiro atoms. The molecule has 98 valence electrons. The van der Waals surface area contributed by atoms with Crippen LogP contribution in [0.5, 0.6) is 0 Å². The lowest BCUT2D eigenvalue weighted by Gasteiger charge is -2.07. The quantitative estimate of drug-likeness (QED) is 0.668. The second-order valence-electron chi connectivity index (χ2n) is 3.85. The number of nitrogens with two attached hydrogens (primary N) is 1. The van der Waals surface area contributed by atoms with Crippen LogP contribution in [0.3, 0.4) is 0 Å². The SMILES string of the molecule is Nc1ccccc1SCC(=O)Nc1ccccc1Cl. The van der Waals surface area contributed by atoms with Gasteiger partial charge in [0.1, 0.15) is 0 Å². The van der Waals surface area contributed by atoms with Gasteiger partial charge in [0.05, 0.1) is 16.5 Å². The maximum absolute atomic E-state index is 11.8. The van der Waals surface area contributed by atoms with E-state index in [1.54, 1.807) is 12.1 Å². The second kappa shape index (κ2) is 6.50. The fraction of sp³-hybridized carbons (Fsp3) is 0.0714. The number of halogens is 1. The minimum absolute atomic E-state index is 0.110. The lowest BCUT2D eigenvalue weighted by atomic mass is 10.3. The molecule has 0 aliphatic heterocycles. The Morgan fingerprint density at radius 2 is 1.84 bits per heavy atom. The summed E-state index contributed by atoms with van der Waals surface area (Å²) in [5, 5.41) is 3.30. The van der Waals surface area contributed by atoms with Gasteiger partial charge in [0.25, 0.3) is 0 Å². The smallest absolute Gasteiger partial charge is 0.234 e. The topological polar surface area (TPSA) is 55.1 Å². The number of carbonyl (C=O) groups is 1. The van der Waals surface area contributed by atoms with E-state index in [0.717, 1.165) is 4.90 Å². The largest absolute Gasteiger partial charge is 0.398 e. The molecule has 0 aliphatic carbocycles. The summed E-state index contributed by atoms with van der Waals surface area (Å²) >= 11 is 7.37. The highest BCUT2D eigenvalue weighted by molar-refractivity contribution is 8.00. The van der Waals surface area contributed by atoms with Gasteiger partial charge in [0.15, 0.2) is 0 Å². The predicted octanol–water partition coefficient (Wildman–Crippen LogP) is 3.65. The number of anilines is 2. The van der Waals surface area contributed by atoms with Gasteiger partial charge in [-0.2, -0.15) is 0 Å². The summed E-state index contributed by atoms with van der Waals surface area (Å²) in [6, 6.07) is 14.6. The van der Waals surface area contributed by atoms with Gasteiger partial charge in [-0.1, -0.05) is 35.9 Å². The number of hydrogen-bond donors (Lipinski definition) is 2. The van der Waals surface area contributed by atoms with Crippen molar-refractivity contribution in [3.05, 3.63) is 53.6 Å². The van der Waals surface area contributed by atoms with Crippen molar-refractivity contribution in [2.45, 2.75) is 4.90 Å². The first-order valence-electron chi connectivity index (χ1n) is 5.68. The molecule has 0 heterocycles. The summed E-state index contributed by atoms with van der Waals surface area (Å²) in [4.78, 5) is 12.7. The fourth-order valence-corrected chi connectivity index (χ4v) is 2.46. The highest BCUT2D eigenvalue weighted by Crippen LogP contribution is 2.25. The minimum Gasteiger partial charge on any atom is -0.398 e. The van der Waals surface area contributed by atoms with Gasteiger partial charge in [0, 0.05) is 10.6 Å². The van der Waals surface area contributed by atoms with Gasteiger partial charge in [-0.15, -0.1) is 11.8 Å². The van der Waals surface area contributed by atoms with Crippen molar-refractivity contribution in [1.29, 1.82) is 0 Å². The normalized spacial score (nSPS) is 10.2. The van der Waals surface area contributed by atoms with Crippen LogP contribution in [0.1, 0.15) is 0 Å². The zero-order valence-electron chi connectivity index (χ0n) is 10.1. The van der Waals surface area contributed by atoms with E-state index in [4.69, 9.17) is 17.3 Å². The van der Waals surface area contributed by atoms with Crippen molar-refractivity contribution in [3.63, 3.8) is 0 Å². The van der Waals surface area contributed by atoms with Crippen molar-refractivity contribution >= 4 is 40.6 Å². The highest BCUT2D eigenvalue weighted by atomic mass is 35.5. The number of para-hydroxylation sites is 2. The molecule has 0 atom stereocenters. The zero-order valence-corrected chi connectivity index (χ0v) is 11.7. The minimum atomic E-state index is -0.110. The van der Waals surface area contributed by atoms with Crippen LogP contribution in [0, 0.1) is 0 Å². The van der Waals surface area contributed by atoms with Crippen LogP contribution in [-0.4, -0.2) is 11.7 Å². The molecule has 0 saturated heterocycles. The average Bonchev–Trinajstić information content (AvgIpc) is 2.40. The summed E-state index contributed by atoms with van der Waals surface area (Å²) < 4.78 is 0. The van der Waals surface area contributed by atoms with Crippen LogP contribution in [0.25, 0.3) is 0 Å². The van der Waals surface area contributed by atoms with E-state index in [1.165, 1.54) is 11.8 Å². The van der Waals surface area contributed by atoms with Crippen LogP contribution in [0.4, 0.5) is 11.4 Å². The van der Waals surface area contributed by atoms with Gasteiger partial charge in [-0.3, -0.25) is 4.79 Å². The number of benzene rings is 2. The van der Waals surface area contributed by atoms with E-state index >= 15 is 0 Å². The average molecular weight is 293 g/mol. The molecule has 2 rings (SSSR count). The third-order valence-corrected chi connectivity index (χ3v) is 3.84. The highest BCUT2D eigenvalue weighted by Gasteiger charge is 2.07. The Labute approximate surface area is 121 Å². The summed E-state index contributed by atoms with van der Waals surface area (Å²) in [6.07, 6.45) is 0. The molecule has 2 aromatic rings. The molecule has 0 aromatic heterocycles. The van der Waals surface area contributed by atoms with Crippen LogP contribution in [0.2, 0.25) is 5.02 Å². The molecule has 0 fully saturated rings. The molecule has 0 unspecified atom stereocenters. The van der Waals surface area contributed by atoms with Crippen molar-refractivity contribution < 1.29 is 4.79 Å². The maximum atomic E-state index is 11.8. The lowest BCUT2D eigenvalue weighted by molar-refractivity contribution is -0.113. The first kappa shape index (κ1) is 13.8. The summed E-state index contributed by atoms with van der Waals surface area (Å²) in [5.41, 5.74) is 7.11. The monoisotopic (exact) mass is 292 g/mol. The molecule has 19 heavy (non-hydrogen) atoms. The molecule has 2 aromatic carbocycles. The number of hydrogen-bond acceptors (Lipinski definition) is 3. The van der Waals surface area contributed by atoms with Crippen molar-refractivity contribution in [3.8, 4) is 0 Å². The van der Waals surface area contributed by atoms with Gasteiger partial charge < -0.3 is 11.1 Å².